The Labute approximate surface area is 172 Å². The molecule has 3 rings (SSSR count). The Kier molecular flexibility index (Phi) is 6.97. The largest absolute Gasteiger partial charge is 0.272 e. The first-order valence-corrected chi connectivity index (χ1v) is 10.1. The fourth-order valence-electron chi connectivity index (χ4n) is 2.56. The molecule has 0 saturated heterocycles. The van der Waals surface area contributed by atoms with Gasteiger partial charge >= 0.3 is 0 Å². The number of thioether (sulfide) groups is 1. The van der Waals surface area contributed by atoms with Crippen LogP contribution >= 0.6 is 11.8 Å². The first-order chi connectivity index (χ1) is 14.1. The van der Waals surface area contributed by atoms with Crippen LogP contribution in [-0.4, -0.2) is 16.8 Å². The summed E-state index contributed by atoms with van der Waals surface area (Å²) in [6.45, 7) is 2.04. The first kappa shape index (κ1) is 20.5. The number of nitrogens with zero attached hydrogens (tertiary/aromatic N) is 1. The van der Waals surface area contributed by atoms with Crippen LogP contribution in [0, 0.1) is 5.82 Å². The lowest BCUT2D eigenvalue weighted by molar-refractivity contribution is 0.0844. The number of benzene rings is 2. The van der Waals surface area contributed by atoms with E-state index in [4.69, 9.17) is 0 Å². The van der Waals surface area contributed by atoms with Crippen molar-refractivity contribution in [3.8, 4) is 0 Å². The molecule has 0 spiro atoms. The summed E-state index contributed by atoms with van der Waals surface area (Å²) in [4.78, 5) is 29.0. The topological polar surface area (TPSA) is 71.1 Å². The number of amides is 2. The van der Waals surface area contributed by atoms with Gasteiger partial charge in [0.05, 0.1) is 5.56 Å². The lowest BCUT2D eigenvalue weighted by Gasteiger charge is -2.10. The molecular formula is C22H20FN3O2S. The second-order valence-corrected chi connectivity index (χ2v) is 7.19. The van der Waals surface area contributed by atoms with Crippen molar-refractivity contribution in [3.63, 3.8) is 0 Å². The van der Waals surface area contributed by atoms with Gasteiger partial charge in [-0.1, -0.05) is 31.2 Å². The Hall–Kier alpha value is -3.19. The van der Waals surface area contributed by atoms with Crippen LogP contribution in [0.15, 0.2) is 71.9 Å². The number of aryl methyl sites for hydroxylation is 1. The van der Waals surface area contributed by atoms with Gasteiger partial charge in [0.1, 0.15) is 10.8 Å². The van der Waals surface area contributed by atoms with E-state index in [2.05, 4.69) is 15.8 Å². The van der Waals surface area contributed by atoms with Crippen molar-refractivity contribution < 1.29 is 14.0 Å². The fraction of sp³-hybridized carbons (Fsp3) is 0.136. The van der Waals surface area contributed by atoms with E-state index in [9.17, 15) is 14.0 Å². The summed E-state index contributed by atoms with van der Waals surface area (Å²) in [6.07, 6.45) is 2.48. The molecule has 0 atom stereocenters. The number of pyridine rings is 1. The molecule has 0 aliphatic heterocycles. The van der Waals surface area contributed by atoms with Crippen LogP contribution in [0.2, 0.25) is 0 Å². The second kappa shape index (κ2) is 9.84. The maximum Gasteiger partial charge on any atom is 0.272 e. The van der Waals surface area contributed by atoms with E-state index >= 15 is 0 Å². The third kappa shape index (κ3) is 5.65. The highest BCUT2D eigenvalue weighted by atomic mass is 32.2. The van der Waals surface area contributed by atoms with E-state index in [1.165, 1.54) is 23.9 Å². The number of hydrogen-bond acceptors (Lipinski definition) is 4. The standard InChI is InChI=1S/C22H20FN3O2S/c1-2-15-5-9-17(10-6-15)20(27)25-26-21(28)19-4-3-13-24-22(19)29-14-16-7-11-18(23)12-8-16/h3-13H,2,14H2,1H3,(H,25,27)(H,26,28). The van der Waals surface area contributed by atoms with Crippen LogP contribution < -0.4 is 10.9 Å². The number of rotatable bonds is 6. The third-order valence-electron chi connectivity index (χ3n) is 4.22. The maximum absolute atomic E-state index is 13.0. The number of halogens is 1. The van der Waals surface area contributed by atoms with Crippen LogP contribution in [0.4, 0.5) is 4.39 Å². The van der Waals surface area contributed by atoms with Gasteiger partial charge in [0.15, 0.2) is 0 Å². The molecule has 7 heteroatoms. The summed E-state index contributed by atoms with van der Waals surface area (Å²) in [6, 6.07) is 16.6. The Morgan fingerprint density at radius 3 is 2.28 bits per heavy atom. The van der Waals surface area contributed by atoms with Crippen molar-refractivity contribution in [3.05, 3.63) is 94.9 Å². The average Bonchev–Trinajstić information content (AvgIpc) is 2.77. The van der Waals surface area contributed by atoms with E-state index < -0.39 is 11.8 Å². The molecule has 29 heavy (non-hydrogen) atoms. The molecule has 1 aromatic heterocycles. The van der Waals surface area contributed by atoms with Gasteiger partial charge < -0.3 is 0 Å². The van der Waals surface area contributed by atoms with E-state index in [1.54, 1.807) is 42.6 Å². The summed E-state index contributed by atoms with van der Waals surface area (Å²) in [7, 11) is 0. The van der Waals surface area contributed by atoms with Gasteiger partial charge in [0.2, 0.25) is 0 Å². The van der Waals surface area contributed by atoms with Gasteiger partial charge in [-0.2, -0.15) is 0 Å². The van der Waals surface area contributed by atoms with Gasteiger partial charge in [0, 0.05) is 17.5 Å². The van der Waals surface area contributed by atoms with Crippen molar-refractivity contribution in [1.29, 1.82) is 0 Å². The summed E-state index contributed by atoms with van der Waals surface area (Å²) < 4.78 is 13.0. The van der Waals surface area contributed by atoms with Crippen LogP contribution in [-0.2, 0) is 12.2 Å². The number of carbonyl (C=O) groups is 2. The van der Waals surface area contributed by atoms with Crippen molar-refractivity contribution >= 4 is 23.6 Å². The number of hydrogen-bond donors (Lipinski definition) is 2. The minimum Gasteiger partial charge on any atom is -0.267 e. The SMILES string of the molecule is CCc1ccc(C(=O)NNC(=O)c2cccnc2SCc2ccc(F)cc2)cc1. The van der Waals surface area contributed by atoms with Gasteiger partial charge in [0.25, 0.3) is 11.8 Å². The minimum atomic E-state index is -0.460. The molecule has 2 aromatic carbocycles. The van der Waals surface area contributed by atoms with Crippen molar-refractivity contribution in [2.45, 2.75) is 24.1 Å². The van der Waals surface area contributed by atoms with Crippen LogP contribution in [0.3, 0.4) is 0 Å². The van der Waals surface area contributed by atoms with Crippen molar-refractivity contribution in [2.75, 3.05) is 0 Å². The molecule has 5 nitrogen and oxygen atoms in total. The zero-order valence-corrected chi connectivity index (χ0v) is 16.6. The van der Waals surface area contributed by atoms with Gasteiger partial charge in [-0.05, 0) is 53.9 Å². The number of carbonyl (C=O) groups excluding carboxylic acids is 2. The molecule has 0 aliphatic carbocycles. The highest BCUT2D eigenvalue weighted by Crippen LogP contribution is 2.24. The Morgan fingerprint density at radius 1 is 0.931 bits per heavy atom. The number of hydrazine groups is 1. The lowest BCUT2D eigenvalue weighted by Crippen LogP contribution is -2.41. The van der Waals surface area contributed by atoms with E-state index in [1.807, 2.05) is 19.1 Å². The lowest BCUT2D eigenvalue weighted by atomic mass is 10.1. The van der Waals surface area contributed by atoms with Gasteiger partial charge in [-0.3, -0.25) is 20.4 Å². The minimum absolute atomic E-state index is 0.295. The van der Waals surface area contributed by atoms with Crippen LogP contribution in [0.5, 0.6) is 0 Å². The van der Waals surface area contributed by atoms with E-state index in [0.717, 1.165) is 17.5 Å². The van der Waals surface area contributed by atoms with Gasteiger partial charge in [-0.25, -0.2) is 9.37 Å². The summed E-state index contributed by atoms with van der Waals surface area (Å²) in [5.41, 5.74) is 7.70. The number of nitrogens with one attached hydrogen (secondary N) is 2. The molecule has 0 radical (unpaired) electrons. The quantitative estimate of drug-likeness (QED) is 0.474. The number of aromatic nitrogens is 1. The molecule has 3 aromatic rings. The molecule has 2 amide bonds. The fourth-order valence-corrected chi connectivity index (χ4v) is 3.50. The summed E-state index contributed by atoms with van der Waals surface area (Å²) >= 11 is 1.36. The molecule has 0 fully saturated rings. The predicted molar refractivity (Wildman–Crippen MR) is 111 cm³/mol. The molecule has 0 unspecified atom stereocenters. The van der Waals surface area contributed by atoms with Gasteiger partial charge in [-0.15, -0.1) is 11.8 Å². The average molecular weight is 409 g/mol. The molecule has 2 N–H and O–H groups in total. The van der Waals surface area contributed by atoms with Crippen LogP contribution in [0.1, 0.15) is 38.8 Å². The highest BCUT2D eigenvalue weighted by molar-refractivity contribution is 7.98. The normalized spacial score (nSPS) is 10.4. The molecule has 1 heterocycles. The molecular weight excluding hydrogens is 389 g/mol. The summed E-state index contributed by atoms with van der Waals surface area (Å²) in [5.74, 6) is -0.617. The molecule has 0 aliphatic rings. The second-order valence-electron chi connectivity index (χ2n) is 6.23. The van der Waals surface area contributed by atoms with E-state index in [0.29, 0.717) is 21.9 Å². The smallest absolute Gasteiger partial charge is 0.267 e. The van der Waals surface area contributed by atoms with Crippen molar-refractivity contribution in [2.24, 2.45) is 0 Å². The summed E-state index contributed by atoms with van der Waals surface area (Å²) in [5, 5.41) is 0.524. The third-order valence-corrected chi connectivity index (χ3v) is 5.29. The zero-order chi connectivity index (χ0) is 20.6. The van der Waals surface area contributed by atoms with Crippen molar-refractivity contribution in [1.82, 2.24) is 15.8 Å². The molecule has 148 valence electrons. The van der Waals surface area contributed by atoms with Crippen LogP contribution in [0.25, 0.3) is 0 Å². The Balaban J connectivity index is 1.61. The Bertz CT molecular complexity index is 992. The Morgan fingerprint density at radius 2 is 1.59 bits per heavy atom. The zero-order valence-electron chi connectivity index (χ0n) is 15.8. The van der Waals surface area contributed by atoms with E-state index in [-0.39, 0.29) is 5.82 Å². The predicted octanol–water partition coefficient (Wildman–Crippen LogP) is 4.15. The first-order valence-electron chi connectivity index (χ1n) is 9.08. The molecule has 0 bridgehead atoms. The monoisotopic (exact) mass is 409 g/mol. The highest BCUT2D eigenvalue weighted by Gasteiger charge is 2.14. The molecule has 0 saturated carbocycles. The maximum atomic E-state index is 13.0.